The molecule has 0 amide bonds. The van der Waals surface area contributed by atoms with Crippen molar-refractivity contribution < 1.29 is 14.6 Å². The monoisotopic (exact) mass is 304 g/mol. The zero-order valence-corrected chi connectivity index (χ0v) is 14.2. The molecular weight excluding hydrogens is 276 g/mol. The van der Waals surface area contributed by atoms with E-state index in [0.717, 1.165) is 17.2 Å². The number of benzene rings is 1. The molecule has 0 heterocycles. The van der Waals surface area contributed by atoms with E-state index in [1.54, 1.807) is 21.0 Å². The molecule has 3 nitrogen and oxygen atoms in total. The van der Waals surface area contributed by atoms with Crippen molar-refractivity contribution in [3.8, 4) is 5.75 Å². The summed E-state index contributed by atoms with van der Waals surface area (Å²) in [6, 6.07) is 6.17. The summed E-state index contributed by atoms with van der Waals surface area (Å²) in [4.78, 5) is 11.3. The minimum atomic E-state index is -0.753. The van der Waals surface area contributed by atoms with Gasteiger partial charge in [-0.1, -0.05) is 31.9 Å². The van der Waals surface area contributed by atoms with Crippen molar-refractivity contribution in [1.29, 1.82) is 0 Å². The summed E-state index contributed by atoms with van der Waals surface area (Å²) >= 11 is 0. The summed E-state index contributed by atoms with van der Waals surface area (Å²) < 4.78 is 5.54. The largest absolute Gasteiger partial charge is 0.496 e. The Labute approximate surface area is 133 Å². The molecule has 0 saturated heterocycles. The standard InChI is InChI=1S/C19H28O3/c1-13-5-8-15(9-6-13)16-11-14(7-10-17(16)22-4)12-19(2,3)18(20)21/h7,10-11,13,15H,5-6,8-9,12H2,1-4H3,(H,20,21). The number of ether oxygens (including phenoxy) is 1. The third-order valence-electron chi connectivity index (χ3n) is 4.97. The van der Waals surface area contributed by atoms with Crippen LogP contribution in [0.5, 0.6) is 5.75 Å². The predicted octanol–water partition coefficient (Wildman–Crippen LogP) is 4.64. The van der Waals surface area contributed by atoms with Crippen molar-refractivity contribution in [2.45, 2.75) is 58.8 Å². The fourth-order valence-electron chi connectivity index (χ4n) is 3.37. The number of hydrogen-bond acceptors (Lipinski definition) is 2. The maximum Gasteiger partial charge on any atom is 0.309 e. The van der Waals surface area contributed by atoms with Crippen molar-refractivity contribution in [3.63, 3.8) is 0 Å². The lowest BCUT2D eigenvalue weighted by Crippen LogP contribution is -2.26. The van der Waals surface area contributed by atoms with E-state index in [-0.39, 0.29) is 0 Å². The quantitative estimate of drug-likeness (QED) is 0.862. The van der Waals surface area contributed by atoms with Crippen molar-refractivity contribution in [2.75, 3.05) is 7.11 Å². The van der Waals surface area contributed by atoms with E-state index in [1.807, 2.05) is 12.1 Å². The van der Waals surface area contributed by atoms with Crippen LogP contribution in [0.4, 0.5) is 0 Å². The molecule has 2 rings (SSSR count). The van der Waals surface area contributed by atoms with Crippen LogP contribution in [0.1, 0.15) is 63.5 Å². The van der Waals surface area contributed by atoms with Gasteiger partial charge in [-0.25, -0.2) is 0 Å². The van der Waals surface area contributed by atoms with Crippen LogP contribution in [0.25, 0.3) is 0 Å². The van der Waals surface area contributed by atoms with Gasteiger partial charge in [-0.2, -0.15) is 0 Å². The third-order valence-corrected chi connectivity index (χ3v) is 4.97. The molecule has 3 heteroatoms. The number of carboxylic acids is 1. The van der Waals surface area contributed by atoms with E-state index in [0.29, 0.717) is 12.3 Å². The summed E-state index contributed by atoms with van der Waals surface area (Å²) in [6.07, 6.45) is 5.46. The topological polar surface area (TPSA) is 46.5 Å². The second kappa shape index (κ2) is 6.72. The first kappa shape index (κ1) is 16.9. The SMILES string of the molecule is COc1ccc(CC(C)(C)C(=O)O)cc1C1CCC(C)CC1. The highest BCUT2D eigenvalue weighted by molar-refractivity contribution is 5.74. The van der Waals surface area contributed by atoms with Crippen LogP contribution in [-0.2, 0) is 11.2 Å². The van der Waals surface area contributed by atoms with Gasteiger partial charge in [0.15, 0.2) is 0 Å². The highest BCUT2D eigenvalue weighted by Gasteiger charge is 2.28. The van der Waals surface area contributed by atoms with Gasteiger partial charge in [0.05, 0.1) is 12.5 Å². The number of methoxy groups -OCH3 is 1. The minimum Gasteiger partial charge on any atom is -0.496 e. The molecule has 1 N–H and O–H groups in total. The predicted molar refractivity (Wildman–Crippen MR) is 88.5 cm³/mol. The minimum absolute atomic E-state index is 0.541. The van der Waals surface area contributed by atoms with Gasteiger partial charge in [0, 0.05) is 0 Å². The lowest BCUT2D eigenvalue weighted by molar-refractivity contribution is -0.146. The number of aliphatic carboxylic acids is 1. The summed E-state index contributed by atoms with van der Waals surface area (Å²) in [7, 11) is 1.71. The van der Waals surface area contributed by atoms with E-state index in [4.69, 9.17) is 4.74 Å². The van der Waals surface area contributed by atoms with E-state index < -0.39 is 11.4 Å². The summed E-state index contributed by atoms with van der Waals surface area (Å²) in [5.41, 5.74) is 1.60. The number of carbonyl (C=O) groups is 1. The van der Waals surface area contributed by atoms with E-state index in [1.165, 1.54) is 31.2 Å². The molecule has 0 aliphatic heterocycles. The van der Waals surface area contributed by atoms with Gasteiger partial charge in [0.1, 0.15) is 5.75 Å². The normalized spacial score (nSPS) is 22.4. The van der Waals surface area contributed by atoms with Gasteiger partial charge in [-0.3, -0.25) is 4.79 Å². The molecule has 0 unspecified atom stereocenters. The van der Waals surface area contributed by atoms with Crippen LogP contribution in [0, 0.1) is 11.3 Å². The van der Waals surface area contributed by atoms with Gasteiger partial charge in [0.25, 0.3) is 0 Å². The molecule has 122 valence electrons. The van der Waals surface area contributed by atoms with E-state index in [2.05, 4.69) is 13.0 Å². The molecule has 1 fully saturated rings. The average Bonchev–Trinajstić information content (AvgIpc) is 2.47. The Bertz CT molecular complexity index is 525. The highest BCUT2D eigenvalue weighted by atomic mass is 16.5. The summed E-state index contributed by atoms with van der Waals surface area (Å²) in [6.45, 7) is 5.88. The highest BCUT2D eigenvalue weighted by Crippen LogP contribution is 2.40. The first-order valence-electron chi connectivity index (χ1n) is 8.23. The van der Waals surface area contributed by atoms with Gasteiger partial charge in [-0.05, 0) is 62.1 Å². The lowest BCUT2D eigenvalue weighted by Gasteiger charge is -2.28. The van der Waals surface area contributed by atoms with Crippen molar-refractivity contribution in [2.24, 2.45) is 11.3 Å². The van der Waals surface area contributed by atoms with Crippen LogP contribution in [-0.4, -0.2) is 18.2 Å². The molecule has 1 aromatic carbocycles. The summed E-state index contributed by atoms with van der Waals surface area (Å²) in [5.74, 6) is 1.54. The fourth-order valence-corrected chi connectivity index (χ4v) is 3.37. The smallest absolute Gasteiger partial charge is 0.309 e. The molecule has 0 aromatic heterocycles. The van der Waals surface area contributed by atoms with E-state index in [9.17, 15) is 9.90 Å². The molecule has 0 bridgehead atoms. The molecule has 1 aromatic rings. The molecule has 0 radical (unpaired) electrons. The average molecular weight is 304 g/mol. The lowest BCUT2D eigenvalue weighted by atomic mass is 9.78. The zero-order chi connectivity index (χ0) is 16.3. The van der Waals surface area contributed by atoms with Gasteiger partial charge < -0.3 is 9.84 Å². The molecule has 0 spiro atoms. The number of carboxylic acid groups (broad SMARTS) is 1. The molecule has 1 aliphatic rings. The Balaban J connectivity index is 2.24. The first-order valence-corrected chi connectivity index (χ1v) is 8.23. The van der Waals surface area contributed by atoms with Crippen LogP contribution in [0.3, 0.4) is 0 Å². The summed E-state index contributed by atoms with van der Waals surface area (Å²) in [5, 5.41) is 9.33. The first-order chi connectivity index (χ1) is 10.3. The Morgan fingerprint density at radius 3 is 2.45 bits per heavy atom. The van der Waals surface area contributed by atoms with Crippen molar-refractivity contribution >= 4 is 5.97 Å². The van der Waals surface area contributed by atoms with Crippen molar-refractivity contribution in [1.82, 2.24) is 0 Å². The fraction of sp³-hybridized carbons (Fsp3) is 0.632. The molecular formula is C19H28O3. The van der Waals surface area contributed by atoms with Crippen LogP contribution < -0.4 is 4.74 Å². The Hall–Kier alpha value is -1.51. The second-order valence-corrected chi connectivity index (χ2v) is 7.40. The Morgan fingerprint density at radius 2 is 1.91 bits per heavy atom. The number of hydrogen-bond donors (Lipinski definition) is 1. The third kappa shape index (κ3) is 3.82. The van der Waals surface area contributed by atoms with Gasteiger partial charge in [0.2, 0.25) is 0 Å². The van der Waals surface area contributed by atoms with Crippen LogP contribution in [0.15, 0.2) is 18.2 Å². The molecule has 1 saturated carbocycles. The maximum atomic E-state index is 11.3. The Morgan fingerprint density at radius 1 is 1.27 bits per heavy atom. The molecule has 1 aliphatic carbocycles. The van der Waals surface area contributed by atoms with Gasteiger partial charge in [-0.15, -0.1) is 0 Å². The zero-order valence-electron chi connectivity index (χ0n) is 14.2. The maximum absolute atomic E-state index is 11.3. The van der Waals surface area contributed by atoms with E-state index >= 15 is 0 Å². The molecule has 22 heavy (non-hydrogen) atoms. The number of rotatable bonds is 5. The Kier molecular flexibility index (Phi) is 5.15. The van der Waals surface area contributed by atoms with Crippen LogP contribution >= 0.6 is 0 Å². The van der Waals surface area contributed by atoms with Crippen molar-refractivity contribution in [3.05, 3.63) is 29.3 Å². The second-order valence-electron chi connectivity index (χ2n) is 7.40. The van der Waals surface area contributed by atoms with Gasteiger partial charge >= 0.3 is 5.97 Å². The van der Waals surface area contributed by atoms with Crippen LogP contribution in [0.2, 0.25) is 0 Å². The molecule has 0 atom stereocenters.